The summed E-state index contributed by atoms with van der Waals surface area (Å²) in [4.78, 5) is 62.4. The zero-order valence-electron chi connectivity index (χ0n) is 17.2. The lowest BCUT2D eigenvalue weighted by atomic mass is 10.1. The highest BCUT2D eigenvalue weighted by Gasteiger charge is 2.39. The van der Waals surface area contributed by atoms with Gasteiger partial charge in [0.2, 0.25) is 11.8 Å². The Morgan fingerprint density at radius 1 is 1.19 bits per heavy atom. The molecule has 0 spiro atoms. The summed E-state index contributed by atoms with van der Waals surface area (Å²) in [5, 5.41) is 18.7. The third-order valence-corrected chi connectivity index (χ3v) is 4.68. The summed E-state index contributed by atoms with van der Waals surface area (Å²) < 4.78 is 4.57. The third-order valence-electron chi connectivity index (χ3n) is 4.68. The van der Waals surface area contributed by atoms with Gasteiger partial charge >= 0.3 is 11.9 Å². The van der Waals surface area contributed by atoms with Crippen LogP contribution in [0.15, 0.2) is 24.3 Å². The van der Waals surface area contributed by atoms with E-state index in [-0.39, 0.29) is 36.9 Å². The molecule has 5 N–H and O–H groups in total. The van der Waals surface area contributed by atoms with Crippen molar-refractivity contribution in [1.82, 2.24) is 15.1 Å². The van der Waals surface area contributed by atoms with E-state index in [1.807, 2.05) is 0 Å². The lowest BCUT2D eigenvalue weighted by Crippen LogP contribution is -2.61. The van der Waals surface area contributed by atoms with E-state index in [4.69, 9.17) is 16.2 Å². The normalized spacial score (nSPS) is 15.4. The molecule has 1 atom stereocenters. The molecule has 1 aromatic rings. The summed E-state index contributed by atoms with van der Waals surface area (Å²) in [7, 11) is 1.13. The minimum absolute atomic E-state index is 0. The minimum Gasteiger partial charge on any atom is -0.480 e. The number of hydrogen-bond acceptors (Lipinski definition) is 7. The zero-order chi connectivity index (χ0) is 23.1. The largest absolute Gasteiger partial charge is 0.480 e. The Bertz CT molecular complexity index is 906. The number of carboxylic acid groups (broad SMARTS) is 1. The second-order valence-corrected chi connectivity index (χ2v) is 6.71. The average Bonchev–Trinajstić information content (AvgIpc) is 2.74. The first kappa shape index (κ1) is 26.4. The van der Waals surface area contributed by atoms with E-state index in [0.29, 0.717) is 5.56 Å². The summed E-state index contributed by atoms with van der Waals surface area (Å²) in [6, 6.07) is 4.66. The van der Waals surface area contributed by atoms with Gasteiger partial charge in [0.15, 0.2) is 0 Å². The molecule has 1 aliphatic heterocycles. The number of carbonyl (C=O) groups is 5. The average molecular weight is 470 g/mol. The second-order valence-electron chi connectivity index (χ2n) is 6.71. The molecular weight excluding hydrogens is 446 g/mol. The Balaban J connectivity index is 0.00000512. The molecule has 0 aromatic heterocycles. The molecule has 1 fully saturated rings. The van der Waals surface area contributed by atoms with Gasteiger partial charge in [0.1, 0.15) is 18.4 Å². The summed E-state index contributed by atoms with van der Waals surface area (Å²) in [5.41, 5.74) is 6.04. The van der Waals surface area contributed by atoms with E-state index in [2.05, 4.69) is 10.1 Å². The first-order valence-corrected chi connectivity index (χ1v) is 9.23. The summed E-state index contributed by atoms with van der Waals surface area (Å²) in [6.07, 6.45) is -0.433. The van der Waals surface area contributed by atoms with Gasteiger partial charge < -0.3 is 30.7 Å². The fourth-order valence-electron chi connectivity index (χ4n) is 3.06. The Morgan fingerprint density at radius 3 is 2.31 bits per heavy atom. The van der Waals surface area contributed by atoms with E-state index in [1.54, 1.807) is 0 Å². The number of nitrogens with two attached hydrogens (primary N) is 1. The number of carboxylic acids is 1. The number of amidine groups is 1. The zero-order valence-corrected chi connectivity index (χ0v) is 18.0. The maximum Gasteiger partial charge on any atom is 0.323 e. The molecule has 32 heavy (non-hydrogen) atoms. The van der Waals surface area contributed by atoms with E-state index in [9.17, 15) is 24.0 Å². The van der Waals surface area contributed by atoms with Crippen LogP contribution in [-0.2, 0) is 23.9 Å². The van der Waals surface area contributed by atoms with Crippen LogP contribution in [0.4, 0.5) is 0 Å². The van der Waals surface area contributed by atoms with Gasteiger partial charge in [0, 0.05) is 24.2 Å². The smallest absolute Gasteiger partial charge is 0.323 e. The van der Waals surface area contributed by atoms with Gasteiger partial charge in [-0.2, -0.15) is 0 Å². The standard InChI is InChI=1S/C19H23N5O7.ClH/c1-31-16(28)8-13-19(30)23(10-15(26)27)6-7-24(13)14(25)9-22-18(29)12-4-2-11(3-5-12)17(20)21;/h2-5,13H,6-10H2,1H3,(H3,20,21)(H,22,29)(H,26,27);1H/t13-;/m0./s1. The first-order valence-electron chi connectivity index (χ1n) is 9.23. The highest BCUT2D eigenvalue weighted by molar-refractivity contribution is 6.00. The number of carbonyl (C=O) groups excluding carboxylic acids is 4. The molecule has 3 amide bonds. The molecule has 0 radical (unpaired) electrons. The number of nitrogens with one attached hydrogen (secondary N) is 2. The van der Waals surface area contributed by atoms with Crippen molar-refractivity contribution in [2.24, 2.45) is 5.73 Å². The highest BCUT2D eigenvalue weighted by atomic mass is 35.5. The van der Waals surface area contributed by atoms with Crippen molar-refractivity contribution in [2.45, 2.75) is 12.5 Å². The van der Waals surface area contributed by atoms with Crippen LogP contribution in [0.25, 0.3) is 0 Å². The molecule has 13 heteroatoms. The monoisotopic (exact) mass is 469 g/mol. The molecule has 1 saturated heterocycles. The number of aliphatic carboxylic acids is 1. The molecular formula is C19H24ClN5O7. The molecule has 2 rings (SSSR count). The summed E-state index contributed by atoms with van der Waals surface area (Å²) in [5.74, 6) is -3.94. The highest BCUT2D eigenvalue weighted by Crippen LogP contribution is 2.16. The molecule has 0 bridgehead atoms. The van der Waals surface area contributed by atoms with Crippen LogP contribution >= 0.6 is 12.4 Å². The topological polar surface area (TPSA) is 183 Å². The Morgan fingerprint density at radius 2 is 1.78 bits per heavy atom. The van der Waals surface area contributed by atoms with Crippen LogP contribution in [0.3, 0.4) is 0 Å². The van der Waals surface area contributed by atoms with Crippen molar-refractivity contribution in [1.29, 1.82) is 5.41 Å². The molecule has 174 valence electrons. The van der Waals surface area contributed by atoms with Crippen LogP contribution in [0, 0.1) is 5.41 Å². The molecule has 0 saturated carbocycles. The van der Waals surface area contributed by atoms with Crippen LogP contribution in [-0.4, -0.2) is 89.7 Å². The molecule has 0 aliphatic carbocycles. The maximum absolute atomic E-state index is 12.7. The number of nitrogen functional groups attached to an aromatic ring is 1. The fourth-order valence-corrected chi connectivity index (χ4v) is 3.06. The van der Waals surface area contributed by atoms with Crippen LogP contribution in [0.1, 0.15) is 22.3 Å². The van der Waals surface area contributed by atoms with Gasteiger partial charge in [-0.25, -0.2) is 0 Å². The van der Waals surface area contributed by atoms with Gasteiger partial charge in [-0.1, -0.05) is 12.1 Å². The Hall–Kier alpha value is -3.67. The van der Waals surface area contributed by atoms with Gasteiger partial charge in [0.05, 0.1) is 20.1 Å². The SMILES string of the molecule is COC(=O)C[C@H]1C(=O)N(CC(=O)O)CCN1C(=O)CNC(=O)c1ccc(C(=N)N)cc1.Cl. The number of ether oxygens (including phenoxy) is 1. The lowest BCUT2D eigenvalue weighted by Gasteiger charge is -2.39. The van der Waals surface area contributed by atoms with Crippen LogP contribution in [0.2, 0.25) is 0 Å². The lowest BCUT2D eigenvalue weighted by molar-refractivity contribution is -0.158. The molecule has 1 heterocycles. The number of benzene rings is 1. The summed E-state index contributed by atoms with van der Waals surface area (Å²) in [6.45, 7) is -1.000. The van der Waals surface area contributed by atoms with Crippen molar-refractivity contribution in [3.05, 3.63) is 35.4 Å². The van der Waals surface area contributed by atoms with E-state index < -0.39 is 55.2 Å². The molecule has 1 aliphatic rings. The van der Waals surface area contributed by atoms with E-state index >= 15 is 0 Å². The molecule has 12 nitrogen and oxygen atoms in total. The van der Waals surface area contributed by atoms with Crippen LogP contribution in [0.5, 0.6) is 0 Å². The maximum atomic E-state index is 12.7. The van der Waals surface area contributed by atoms with Crippen LogP contribution < -0.4 is 11.1 Å². The predicted molar refractivity (Wildman–Crippen MR) is 113 cm³/mol. The van der Waals surface area contributed by atoms with Crippen molar-refractivity contribution >= 4 is 47.9 Å². The van der Waals surface area contributed by atoms with Crippen molar-refractivity contribution < 1.29 is 33.8 Å². The molecule has 1 aromatic carbocycles. The van der Waals surface area contributed by atoms with Crippen molar-refractivity contribution in [3.8, 4) is 0 Å². The number of nitrogens with zero attached hydrogens (tertiary/aromatic N) is 2. The first-order chi connectivity index (χ1) is 14.6. The van der Waals surface area contributed by atoms with E-state index in [1.165, 1.54) is 24.3 Å². The van der Waals surface area contributed by atoms with Crippen molar-refractivity contribution in [3.63, 3.8) is 0 Å². The number of amides is 3. The predicted octanol–water partition coefficient (Wildman–Crippen LogP) is -1.19. The van der Waals surface area contributed by atoms with Gasteiger partial charge in [-0.05, 0) is 12.1 Å². The summed E-state index contributed by atoms with van der Waals surface area (Å²) >= 11 is 0. The van der Waals surface area contributed by atoms with Gasteiger partial charge in [0.25, 0.3) is 5.91 Å². The number of esters is 1. The number of piperazine rings is 1. The minimum atomic E-state index is -1.22. The Labute approximate surface area is 189 Å². The number of halogens is 1. The number of hydrogen-bond donors (Lipinski definition) is 4. The Kier molecular flexibility index (Phi) is 9.60. The van der Waals surface area contributed by atoms with Gasteiger partial charge in [-0.3, -0.25) is 29.4 Å². The fraction of sp³-hybridized carbons (Fsp3) is 0.368. The quantitative estimate of drug-likeness (QED) is 0.208. The number of rotatable bonds is 8. The third kappa shape index (κ3) is 6.67. The van der Waals surface area contributed by atoms with Gasteiger partial charge in [-0.15, -0.1) is 12.4 Å². The van der Waals surface area contributed by atoms with E-state index in [0.717, 1.165) is 16.9 Å². The number of methoxy groups -OCH3 is 1. The van der Waals surface area contributed by atoms with Crippen molar-refractivity contribution in [2.75, 3.05) is 33.3 Å². The second kappa shape index (κ2) is 11.6. The molecule has 0 unspecified atom stereocenters.